The summed E-state index contributed by atoms with van der Waals surface area (Å²) in [5.74, 6) is 0.396. The van der Waals surface area contributed by atoms with Crippen molar-refractivity contribution < 1.29 is 5.11 Å². The first kappa shape index (κ1) is 19.4. The van der Waals surface area contributed by atoms with Crippen molar-refractivity contribution in [2.24, 2.45) is 0 Å². The number of aromatic nitrogens is 4. The van der Waals surface area contributed by atoms with Gasteiger partial charge in [-0.05, 0) is 54.8 Å². The number of pyridine rings is 2. The van der Waals surface area contributed by atoms with Gasteiger partial charge in [-0.2, -0.15) is 5.26 Å². The minimum Gasteiger partial charge on any atom is -0.394 e. The number of nitriles is 1. The molecule has 1 atom stereocenters. The maximum absolute atomic E-state index is 12.7. The number of anilines is 1. The Morgan fingerprint density at radius 1 is 1.27 bits per heavy atom. The van der Waals surface area contributed by atoms with Crippen molar-refractivity contribution in [1.82, 2.24) is 19.9 Å². The van der Waals surface area contributed by atoms with E-state index in [0.717, 1.165) is 11.1 Å². The van der Waals surface area contributed by atoms with Gasteiger partial charge in [0.1, 0.15) is 11.4 Å². The third-order valence-electron chi connectivity index (χ3n) is 4.92. The Labute approximate surface area is 172 Å². The number of benzene rings is 1. The van der Waals surface area contributed by atoms with Gasteiger partial charge in [0.05, 0.1) is 41.0 Å². The van der Waals surface area contributed by atoms with Crippen LogP contribution in [0.5, 0.6) is 0 Å². The molecule has 150 valence electrons. The van der Waals surface area contributed by atoms with Gasteiger partial charge in [0.15, 0.2) is 0 Å². The number of aliphatic hydroxyl groups is 1. The van der Waals surface area contributed by atoms with Crippen LogP contribution >= 0.6 is 0 Å². The highest BCUT2D eigenvalue weighted by atomic mass is 16.3. The highest BCUT2D eigenvalue weighted by Crippen LogP contribution is 2.27. The molecule has 0 bridgehead atoms. The Kier molecular flexibility index (Phi) is 5.28. The first-order valence-corrected chi connectivity index (χ1v) is 9.48. The van der Waals surface area contributed by atoms with Gasteiger partial charge >= 0.3 is 0 Å². The summed E-state index contributed by atoms with van der Waals surface area (Å²) in [5.41, 5.74) is 4.38. The molecule has 0 amide bonds. The summed E-state index contributed by atoms with van der Waals surface area (Å²) in [6.45, 7) is 1.76. The molecule has 4 N–H and O–H groups in total. The predicted molar refractivity (Wildman–Crippen MR) is 114 cm³/mol. The van der Waals surface area contributed by atoms with Crippen LogP contribution in [0.4, 0.5) is 5.69 Å². The second kappa shape index (κ2) is 8.19. The average Bonchev–Trinajstić information content (AvgIpc) is 3.18. The summed E-state index contributed by atoms with van der Waals surface area (Å²) in [4.78, 5) is 27.1. The van der Waals surface area contributed by atoms with Crippen LogP contribution in [0.1, 0.15) is 16.7 Å². The van der Waals surface area contributed by atoms with E-state index in [1.54, 1.807) is 36.8 Å². The zero-order chi connectivity index (χ0) is 21.1. The van der Waals surface area contributed by atoms with Gasteiger partial charge in [0.25, 0.3) is 5.56 Å². The summed E-state index contributed by atoms with van der Waals surface area (Å²) >= 11 is 0. The Bertz CT molecular complexity index is 1290. The van der Waals surface area contributed by atoms with Gasteiger partial charge in [0.2, 0.25) is 0 Å². The predicted octanol–water partition coefficient (Wildman–Crippen LogP) is 2.51. The van der Waals surface area contributed by atoms with E-state index in [4.69, 9.17) is 0 Å². The molecule has 1 aromatic carbocycles. The fraction of sp³-hybridized carbons (Fsp3) is 0.182. The number of H-pyrrole nitrogens is 2. The number of hydrogen-bond acceptors (Lipinski definition) is 6. The van der Waals surface area contributed by atoms with Crippen molar-refractivity contribution >= 4 is 16.7 Å². The molecule has 4 rings (SSSR count). The maximum atomic E-state index is 12.7. The van der Waals surface area contributed by atoms with E-state index >= 15 is 0 Å². The Hall–Kier alpha value is -3.96. The lowest BCUT2D eigenvalue weighted by Crippen LogP contribution is -2.28. The van der Waals surface area contributed by atoms with Gasteiger partial charge in [-0.3, -0.25) is 9.78 Å². The van der Waals surface area contributed by atoms with Crippen molar-refractivity contribution in [1.29, 1.82) is 5.26 Å². The molecule has 0 aliphatic heterocycles. The molecule has 8 nitrogen and oxygen atoms in total. The quantitative estimate of drug-likeness (QED) is 0.393. The van der Waals surface area contributed by atoms with Crippen LogP contribution in [0.2, 0.25) is 0 Å². The van der Waals surface area contributed by atoms with E-state index in [1.165, 1.54) is 0 Å². The zero-order valence-corrected chi connectivity index (χ0v) is 16.3. The van der Waals surface area contributed by atoms with Crippen LogP contribution in [0, 0.1) is 18.3 Å². The summed E-state index contributed by atoms with van der Waals surface area (Å²) in [6.07, 6.45) is 5.52. The molecule has 0 unspecified atom stereocenters. The lowest BCUT2D eigenvalue weighted by molar-refractivity contribution is 0.273. The van der Waals surface area contributed by atoms with Crippen LogP contribution in [0.25, 0.3) is 22.4 Å². The molecule has 3 heterocycles. The molecule has 0 radical (unpaired) electrons. The van der Waals surface area contributed by atoms with Gasteiger partial charge < -0.3 is 20.4 Å². The van der Waals surface area contributed by atoms with Gasteiger partial charge in [-0.15, -0.1) is 0 Å². The number of hydrogen-bond donors (Lipinski definition) is 4. The maximum Gasteiger partial charge on any atom is 0.261 e. The summed E-state index contributed by atoms with van der Waals surface area (Å²) in [7, 11) is 0. The van der Waals surface area contributed by atoms with Crippen LogP contribution in [-0.2, 0) is 6.42 Å². The minimum atomic E-state index is -0.308. The number of rotatable bonds is 6. The van der Waals surface area contributed by atoms with Crippen molar-refractivity contribution in [3.63, 3.8) is 0 Å². The molecule has 30 heavy (non-hydrogen) atoms. The first-order chi connectivity index (χ1) is 14.6. The van der Waals surface area contributed by atoms with E-state index in [2.05, 4.69) is 31.3 Å². The number of nitrogens with one attached hydrogen (secondary N) is 3. The molecule has 0 spiro atoms. The molecule has 0 fully saturated rings. The summed E-state index contributed by atoms with van der Waals surface area (Å²) in [5, 5.41) is 22.3. The lowest BCUT2D eigenvalue weighted by Gasteiger charge is -2.19. The standard InChI is InChI=1S/C22H20N6O2/c1-13-8-15(11-23)10-18-20(13)28-21(27-18)19-17(4-7-25-22(19)30)26-16(12-29)9-14-2-5-24-6-3-14/h2-8,10,16,29H,9,12H2,1H3,(H,27,28)(H2,25,26,30)/t16-/m0/s1. The van der Waals surface area contributed by atoms with E-state index < -0.39 is 0 Å². The molecular weight excluding hydrogens is 380 g/mol. The molecule has 0 aliphatic rings. The van der Waals surface area contributed by atoms with Gasteiger partial charge in [0, 0.05) is 18.6 Å². The van der Waals surface area contributed by atoms with Crippen LogP contribution in [-0.4, -0.2) is 37.7 Å². The molecule has 0 saturated heterocycles. The van der Waals surface area contributed by atoms with Crippen LogP contribution in [0.15, 0.2) is 53.7 Å². The Morgan fingerprint density at radius 2 is 2.07 bits per heavy atom. The fourth-order valence-corrected chi connectivity index (χ4v) is 3.49. The average molecular weight is 400 g/mol. The Balaban J connectivity index is 1.73. The minimum absolute atomic E-state index is 0.112. The number of aromatic amines is 2. The number of imidazole rings is 1. The van der Waals surface area contributed by atoms with Crippen molar-refractivity contribution in [3.05, 3.63) is 76.0 Å². The number of fused-ring (bicyclic) bond motifs is 1. The highest BCUT2D eigenvalue weighted by molar-refractivity contribution is 5.85. The van der Waals surface area contributed by atoms with Gasteiger partial charge in [-0.25, -0.2) is 4.98 Å². The SMILES string of the molecule is Cc1cc(C#N)cc2[nH]c(-c3c(N[C@H](CO)Cc4ccncc4)cc[nH]c3=O)nc12. The summed E-state index contributed by atoms with van der Waals surface area (Å²) < 4.78 is 0. The van der Waals surface area contributed by atoms with Gasteiger partial charge in [-0.1, -0.05) is 0 Å². The molecule has 0 saturated carbocycles. The van der Waals surface area contributed by atoms with E-state index in [9.17, 15) is 15.2 Å². The highest BCUT2D eigenvalue weighted by Gasteiger charge is 2.18. The van der Waals surface area contributed by atoms with Crippen molar-refractivity contribution in [2.45, 2.75) is 19.4 Å². The molecule has 8 heteroatoms. The number of aliphatic hydroxyl groups excluding tert-OH is 1. The Morgan fingerprint density at radius 3 is 2.80 bits per heavy atom. The van der Waals surface area contributed by atoms with Crippen LogP contribution in [0.3, 0.4) is 0 Å². The second-order valence-corrected chi connectivity index (χ2v) is 7.07. The molecule has 3 aromatic heterocycles. The van der Waals surface area contributed by atoms with E-state index in [1.807, 2.05) is 19.1 Å². The van der Waals surface area contributed by atoms with Crippen molar-refractivity contribution in [2.75, 3.05) is 11.9 Å². The second-order valence-electron chi connectivity index (χ2n) is 7.07. The summed E-state index contributed by atoms with van der Waals surface area (Å²) in [6, 6.07) is 10.8. The molecule has 4 aromatic rings. The molecular formula is C22H20N6O2. The van der Waals surface area contributed by atoms with Crippen LogP contribution < -0.4 is 10.9 Å². The fourth-order valence-electron chi connectivity index (χ4n) is 3.49. The van der Waals surface area contributed by atoms with E-state index in [-0.39, 0.29) is 18.2 Å². The smallest absolute Gasteiger partial charge is 0.261 e. The number of aryl methyl sites for hydroxylation is 1. The monoisotopic (exact) mass is 400 g/mol. The zero-order valence-electron chi connectivity index (χ0n) is 16.3. The third kappa shape index (κ3) is 3.79. The normalized spacial score (nSPS) is 11.9. The van der Waals surface area contributed by atoms with E-state index in [0.29, 0.717) is 40.1 Å². The first-order valence-electron chi connectivity index (χ1n) is 9.48. The van der Waals surface area contributed by atoms with Crippen molar-refractivity contribution in [3.8, 4) is 17.5 Å². The lowest BCUT2D eigenvalue weighted by atomic mass is 10.1. The third-order valence-corrected chi connectivity index (χ3v) is 4.92. The number of nitrogens with zero attached hydrogens (tertiary/aromatic N) is 3. The topological polar surface area (TPSA) is 130 Å². The largest absolute Gasteiger partial charge is 0.394 e. The molecule has 0 aliphatic carbocycles.